The monoisotopic (exact) mass is 308 g/mol. The average molecular weight is 308 g/mol. The van der Waals surface area contributed by atoms with Crippen molar-refractivity contribution < 1.29 is 0 Å². The highest BCUT2D eigenvalue weighted by Crippen LogP contribution is 2.25. The molecule has 0 bridgehead atoms. The van der Waals surface area contributed by atoms with Crippen molar-refractivity contribution in [1.29, 1.82) is 0 Å². The smallest absolute Gasteiger partial charge is 0.0475 e. The van der Waals surface area contributed by atoms with Gasteiger partial charge < -0.3 is 0 Å². The van der Waals surface area contributed by atoms with Crippen molar-refractivity contribution in [3.63, 3.8) is 0 Å². The van der Waals surface area contributed by atoms with Crippen LogP contribution in [0.1, 0.15) is 36.6 Å². The summed E-state index contributed by atoms with van der Waals surface area (Å²) in [7, 11) is 0. The molecule has 0 N–H and O–H groups in total. The standard InChI is InChI=1S/C21H28N2/c1-3-23(4-2)21(19-11-6-5-7-12-19)17-22-15-14-18-10-8-9-13-20(18)16-22/h5-13,21H,3-4,14-17H2,1-2H3/t21-/m1/s1. The van der Waals surface area contributed by atoms with E-state index in [-0.39, 0.29) is 0 Å². The van der Waals surface area contributed by atoms with Crippen LogP contribution in [0.15, 0.2) is 54.6 Å². The Morgan fingerprint density at radius 1 is 0.913 bits per heavy atom. The van der Waals surface area contributed by atoms with Gasteiger partial charge in [0.15, 0.2) is 0 Å². The van der Waals surface area contributed by atoms with Gasteiger partial charge in [-0.05, 0) is 36.2 Å². The Morgan fingerprint density at radius 2 is 1.57 bits per heavy atom. The van der Waals surface area contributed by atoms with Crippen LogP contribution in [-0.2, 0) is 13.0 Å². The summed E-state index contributed by atoms with van der Waals surface area (Å²) in [6.45, 7) is 10.1. The van der Waals surface area contributed by atoms with Gasteiger partial charge in [0.25, 0.3) is 0 Å². The van der Waals surface area contributed by atoms with Gasteiger partial charge in [-0.25, -0.2) is 0 Å². The number of rotatable bonds is 6. The van der Waals surface area contributed by atoms with Crippen LogP contribution >= 0.6 is 0 Å². The third-order valence-corrected chi connectivity index (χ3v) is 5.08. The lowest BCUT2D eigenvalue weighted by molar-refractivity contribution is 0.140. The topological polar surface area (TPSA) is 6.48 Å². The van der Waals surface area contributed by atoms with E-state index in [0.29, 0.717) is 6.04 Å². The fraction of sp³-hybridized carbons (Fsp3) is 0.429. The zero-order valence-corrected chi connectivity index (χ0v) is 14.4. The second-order valence-electron chi connectivity index (χ2n) is 6.40. The van der Waals surface area contributed by atoms with Gasteiger partial charge >= 0.3 is 0 Å². The molecule has 0 saturated heterocycles. The fourth-order valence-corrected chi connectivity index (χ4v) is 3.73. The van der Waals surface area contributed by atoms with E-state index in [2.05, 4.69) is 78.2 Å². The lowest BCUT2D eigenvalue weighted by Gasteiger charge is -2.37. The molecule has 0 radical (unpaired) electrons. The van der Waals surface area contributed by atoms with E-state index in [1.165, 1.54) is 29.7 Å². The Morgan fingerprint density at radius 3 is 2.26 bits per heavy atom. The van der Waals surface area contributed by atoms with Crippen molar-refractivity contribution in [3.8, 4) is 0 Å². The van der Waals surface area contributed by atoms with Gasteiger partial charge in [-0.3, -0.25) is 9.80 Å². The Balaban J connectivity index is 1.77. The van der Waals surface area contributed by atoms with E-state index in [4.69, 9.17) is 0 Å². The highest BCUT2D eigenvalue weighted by Gasteiger charge is 2.23. The Labute approximate surface area is 140 Å². The van der Waals surface area contributed by atoms with Gasteiger partial charge in [-0.2, -0.15) is 0 Å². The summed E-state index contributed by atoms with van der Waals surface area (Å²) in [6.07, 6.45) is 1.18. The van der Waals surface area contributed by atoms with Gasteiger partial charge in [0.05, 0.1) is 0 Å². The molecule has 2 aromatic rings. The van der Waals surface area contributed by atoms with E-state index in [1.807, 2.05) is 0 Å². The Hall–Kier alpha value is -1.64. The molecule has 0 aliphatic carbocycles. The molecule has 0 amide bonds. The van der Waals surface area contributed by atoms with Gasteiger partial charge in [0, 0.05) is 25.7 Å². The molecule has 0 fully saturated rings. The molecule has 1 heterocycles. The molecule has 122 valence electrons. The summed E-state index contributed by atoms with van der Waals surface area (Å²) in [5.74, 6) is 0. The van der Waals surface area contributed by atoms with Crippen LogP contribution in [0.5, 0.6) is 0 Å². The maximum Gasteiger partial charge on any atom is 0.0475 e. The lowest BCUT2D eigenvalue weighted by Crippen LogP contribution is -2.40. The number of likely N-dealkylation sites (N-methyl/N-ethyl adjacent to an activating group) is 1. The summed E-state index contributed by atoms with van der Waals surface area (Å²) >= 11 is 0. The van der Waals surface area contributed by atoms with Crippen molar-refractivity contribution in [2.24, 2.45) is 0 Å². The van der Waals surface area contributed by atoms with Gasteiger partial charge in [0.2, 0.25) is 0 Å². The van der Waals surface area contributed by atoms with Crippen LogP contribution in [0.3, 0.4) is 0 Å². The highest BCUT2D eigenvalue weighted by atomic mass is 15.2. The Bertz CT molecular complexity index is 604. The molecule has 23 heavy (non-hydrogen) atoms. The number of fused-ring (bicyclic) bond motifs is 1. The number of nitrogens with zero attached hydrogens (tertiary/aromatic N) is 2. The second kappa shape index (κ2) is 7.76. The van der Waals surface area contributed by atoms with Crippen molar-refractivity contribution in [1.82, 2.24) is 9.80 Å². The number of hydrogen-bond donors (Lipinski definition) is 0. The predicted molar refractivity (Wildman–Crippen MR) is 97.5 cm³/mol. The molecule has 1 aliphatic rings. The Kier molecular flexibility index (Phi) is 5.47. The van der Waals surface area contributed by atoms with Crippen LogP contribution in [0.25, 0.3) is 0 Å². The molecule has 0 saturated carbocycles. The molecule has 3 rings (SSSR count). The third kappa shape index (κ3) is 3.82. The van der Waals surface area contributed by atoms with Gasteiger partial charge in [-0.15, -0.1) is 0 Å². The summed E-state index contributed by atoms with van der Waals surface area (Å²) in [6, 6.07) is 20.4. The largest absolute Gasteiger partial charge is 0.297 e. The zero-order valence-electron chi connectivity index (χ0n) is 14.4. The van der Waals surface area contributed by atoms with Crippen LogP contribution < -0.4 is 0 Å². The summed E-state index contributed by atoms with van der Waals surface area (Å²) < 4.78 is 0. The van der Waals surface area contributed by atoms with E-state index in [9.17, 15) is 0 Å². The van der Waals surface area contributed by atoms with Crippen LogP contribution in [0, 0.1) is 0 Å². The molecule has 2 heteroatoms. The van der Waals surface area contributed by atoms with E-state index >= 15 is 0 Å². The zero-order chi connectivity index (χ0) is 16.1. The summed E-state index contributed by atoms with van der Waals surface area (Å²) in [5, 5.41) is 0. The van der Waals surface area contributed by atoms with Crippen LogP contribution in [-0.4, -0.2) is 36.0 Å². The molecule has 2 nitrogen and oxygen atoms in total. The minimum absolute atomic E-state index is 0.483. The molecule has 1 aliphatic heterocycles. The van der Waals surface area contributed by atoms with Gasteiger partial charge in [-0.1, -0.05) is 68.4 Å². The second-order valence-corrected chi connectivity index (χ2v) is 6.40. The molecule has 1 atom stereocenters. The fourth-order valence-electron chi connectivity index (χ4n) is 3.73. The minimum atomic E-state index is 0.483. The normalized spacial score (nSPS) is 16.3. The first-order valence-electron chi connectivity index (χ1n) is 8.90. The first-order chi connectivity index (χ1) is 11.3. The quantitative estimate of drug-likeness (QED) is 0.792. The molecule has 0 unspecified atom stereocenters. The molecular formula is C21H28N2. The maximum atomic E-state index is 2.62. The molecule has 0 spiro atoms. The van der Waals surface area contributed by atoms with Crippen LogP contribution in [0.2, 0.25) is 0 Å². The third-order valence-electron chi connectivity index (χ3n) is 5.08. The summed E-state index contributed by atoms with van der Waals surface area (Å²) in [5.41, 5.74) is 4.48. The van der Waals surface area contributed by atoms with E-state index in [1.54, 1.807) is 0 Å². The van der Waals surface area contributed by atoms with Crippen molar-refractivity contribution in [3.05, 3.63) is 71.3 Å². The molecule has 0 aromatic heterocycles. The maximum absolute atomic E-state index is 2.62. The van der Waals surface area contributed by atoms with E-state index in [0.717, 1.165) is 26.2 Å². The first-order valence-corrected chi connectivity index (χ1v) is 8.90. The SMILES string of the molecule is CCN(CC)[C@H](CN1CCc2ccccc2C1)c1ccccc1. The van der Waals surface area contributed by atoms with Gasteiger partial charge in [0.1, 0.15) is 0 Å². The highest BCUT2D eigenvalue weighted by molar-refractivity contribution is 5.29. The average Bonchev–Trinajstić information content (AvgIpc) is 2.62. The lowest BCUT2D eigenvalue weighted by atomic mass is 9.98. The minimum Gasteiger partial charge on any atom is -0.297 e. The summed E-state index contributed by atoms with van der Waals surface area (Å²) in [4.78, 5) is 5.20. The first kappa shape index (κ1) is 16.2. The van der Waals surface area contributed by atoms with Crippen molar-refractivity contribution >= 4 is 0 Å². The number of hydrogen-bond acceptors (Lipinski definition) is 2. The predicted octanol–water partition coefficient (Wildman–Crippen LogP) is 4.13. The van der Waals surface area contributed by atoms with Crippen LogP contribution in [0.4, 0.5) is 0 Å². The van der Waals surface area contributed by atoms with Crippen molar-refractivity contribution in [2.75, 3.05) is 26.2 Å². The van der Waals surface area contributed by atoms with E-state index < -0.39 is 0 Å². The number of benzene rings is 2. The molecular weight excluding hydrogens is 280 g/mol. The molecule has 2 aromatic carbocycles. The van der Waals surface area contributed by atoms with Crippen molar-refractivity contribution in [2.45, 2.75) is 32.9 Å².